The average molecular weight is 361 g/mol. The van der Waals surface area contributed by atoms with Gasteiger partial charge in [0, 0.05) is 22.5 Å². The summed E-state index contributed by atoms with van der Waals surface area (Å²) in [4.78, 5) is 13.5. The Morgan fingerprint density at radius 3 is 2.41 bits per heavy atom. The fourth-order valence-electron chi connectivity index (χ4n) is 3.09. The lowest BCUT2D eigenvalue weighted by Gasteiger charge is -2.15. The summed E-state index contributed by atoms with van der Waals surface area (Å²) < 4.78 is 0.994. The van der Waals surface area contributed by atoms with Crippen LogP contribution in [-0.4, -0.2) is 29.0 Å². The number of hydrogen-bond acceptors (Lipinski definition) is 3. The van der Waals surface area contributed by atoms with E-state index >= 15 is 0 Å². The van der Waals surface area contributed by atoms with Crippen LogP contribution in [0, 0.1) is 10.1 Å². The number of nitrogens with zero attached hydrogens (tertiary/aromatic N) is 2. The highest BCUT2D eigenvalue weighted by molar-refractivity contribution is 9.10. The molecule has 0 amide bonds. The summed E-state index contributed by atoms with van der Waals surface area (Å²) in [5.41, 5.74) is 2.24. The van der Waals surface area contributed by atoms with Crippen LogP contribution < -0.4 is 0 Å². The molecule has 0 aromatic heterocycles. The smallest absolute Gasteiger partial charge is 0.233 e. The fraction of sp³-hybridized carbons (Fsp3) is 0.294. The second kappa shape index (κ2) is 6.58. The van der Waals surface area contributed by atoms with E-state index in [2.05, 4.69) is 33.0 Å². The van der Waals surface area contributed by atoms with Crippen molar-refractivity contribution in [3.05, 3.63) is 80.3 Å². The van der Waals surface area contributed by atoms with Crippen molar-refractivity contribution in [3.8, 4) is 0 Å². The Balaban J connectivity index is 1.77. The average Bonchev–Trinajstić information content (AvgIpc) is 2.93. The number of benzene rings is 2. The van der Waals surface area contributed by atoms with Gasteiger partial charge in [0.25, 0.3) is 0 Å². The van der Waals surface area contributed by atoms with Gasteiger partial charge < -0.3 is 0 Å². The highest BCUT2D eigenvalue weighted by atomic mass is 79.9. The maximum Gasteiger partial charge on any atom is 0.233 e. The molecule has 0 unspecified atom stereocenters. The van der Waals surface area contributed by atoms with Crippen LogP contribution in [0.3, 0.4) is 0 Å². The molecular weight excluding hydrogens is 344 g/mol. The number of hydrogen-bond donors (Lipinski definition) is 0. The van der Waals surface area contributed by atoms with Gasteiger partial charge in [0.2, 0.25) is 6.04 Å². The zero-order valence-electron chi connectivity index (χ0n) is 12.1. The number of nitro groups is 1. The van der Waals surface area contributed by atoms with E-state index in [1.807, 2.05) is 42.5 Å². The minimum atomic E-state index is -0.537. The van der Waals surface area contributed by atoms with Gasteiger partial charge >= 0.3 is 0 Å². The third kappa shape index (κ3) is 3.36. The van der Waals surface area contributed by atoms with Crippen molar-refractivity contribution in [1.82, 2.24) is 4.90 Å². The Morgan fingerprint density at radius 1 is 1.09 bits per heavy atom. The third-order valence-corrected chi connectivity index (χ3v) is 4.71. The summed E-state index contributed by atoms with van der Waals surface area (Å²) in [5, 5.41) is 11.4. The van der Waals surface area contributed by atoms with Gasteiger partial charge in [-0.1, -0.05) is 58.4 Å². The van der Waals surface area contributed by atoms with Crippen LogP contribution in [0.5, 0.6) is 0 Å². The second-order valence-corrected chi connectivity index (χ2v) is 6.61. The van der Waals surface area contributed by atoms with E-state index in [1.54, 1.807) is 0 Å². The first-order valence-electron chi connectivity index (χ1n) is 7.29. The van der Waals surface area contributed by atoms with Crippen molar-refractivity contribution in [2.24, 2.45) is 0 Å². The molecule has 0 N–H and O–H groups in total. The molecule has 1 aliphatic rings. The first-order chi connectivity index (χ1) is 10.6. The van der Waals surface area contributed by atoms with E-state index in [0.717, 1.165) is 23.1 Å². The topological polar surface area (TPSA) is 46.4 Å². The zero-order valence-corrected chi connectivity index (χ0v) is 13.6. The molecule has 0 radical (unpaired) electrons. The third-order valence-electron chi connectivity index (χ3n) is 4.18. The van der Waals surface area contributed by atoms with Crippen LogP contribution in [0.2, 0.25) is 0 Å². The molecule has 0 bridgehead atoms. The maximum atomic E-state index is 11.4. The van der Waals surface area contributed by atoms with E-state index in [9.17, 15) is 10.1 Å². The molecule has 2 aromatic carbocycles. The molecule has 1 fully saturated rings. The van der Waals surface area contributed by atoms with E-state index in [-0.39, 0.29) is 10.8 Å². The van der Waals surface area contributed by atoms with Gasteiger partial charge in [-0.2, -0.15) is 0 Å². The van der Waals surface area contributed by atoms with Gasteiger partial charge in [-0.15, -0.1) is 0 Å². The summed E-state index contributed by atoms with van der Waals surface area (Å²) in [5.74, 6) is -0.0492. The molecular formula is C17H17BrN2O2. The zero-order chi connectivity index (χ0) is 15.5. The van der Waals surface area contributed by atoms with E-state index in [1.165, 1.54) is 5.56 Å². The molecule has 1 saturated heterocycles. The molecule has 0 spiro atoms. The van der Waals surface area contributed by atoms with Crippen LogP contribution in [0.1, 0.15) is 17.0 Å². The largest absolute Gasteiger partial charge is 0.292 e. The number of halogens is 1. The normalized spacial score (nSPS) is 21.9. The van der Waals surface area contributed by atoms with Gasteiger partial charge in [0.05, 0.1) is 12.5 Å². The molecule has 0 aliphatic carbocycles. The predicted octanol–water partition coefficient (Wildman–Crippen LogP) is 3.69. The van der Waals surface area contributed by atoms with Crippen molar-refractivity contribution in [2.45, 2.75) is 18.5 Å². The summed E-state index contributed by atoms with van der Waals surface area (Å²) in [6.45, 7) is 1.99. The molecule has 22 heavy (non-hydrogen) atoms. The molecule has 4 nitrogen and oxygen atoms in total. The number of rotatable bonds is 4. The highest BCUT2D eigenvalue weighted by Crippen LogP contribution is 2.31. The predicted molar refractivity (Wildman–Crippen MR) is 89.4 cm³/mol. The van der Waals surface area contributed by atoms with Gasteiger partial charge in [0.15, 0.2) is 0 Å². The first-order valence-corrected chi connectivity index (χ1v) is 8.08. The van der Waals surface area contributed by atoms with E-state index in [0.29, 0.717) is 6.54 Å². The molecule has 114 valence electrons. The molecule has 2 aromatic rings. The molecule has 3 rings (SSSR count). The minimum Gasteiger partial charge on any atom is -0.292 e. The van der Waals surface area contributed by atoms with Crippen LogP contribution in [0.25, 0.3) is 0 Å². The first kappa shape index (κ1) is 15.2. The lowest BCUT2D eigenvalue weighted by molar-refractivity contribution is -0.521. The van der Waals surface area contributed by atoms with Gasteiger partial charge in [-0.3, -0.25) is 15.0 Å². The second-order valence-electron chi connectivity index (χ2n) is 5.69. The van der Waals surface area contributed by atoms with Gasteiger partial charge in [0.1, 0.15) is 0 Å². The number of likely N-dealkylation sites (tertiary alicyclic amines) is 1. The van der Waals surface area contributed by atoms with Crippen LogP contribution in [0.15, 0.2) is 59.1 Å². The van der Waals surface area contributed by atoms with Gasteiger partial charge in [-0.05, 0) is 23.3 Å². The van der Waals surface area contributed by atoms with Crippen molar-refractivity contribution in [1.29, 1.82) is 0 Å². The summed E-state index contributed by atoms with van der Waals surface area (Å²) >= 11 is 3.41. The monoisotopic (exact) mass is 360 g/mol. The van der Waals surface area contributed by atoms with E-state index in [4.69, 9.17) is 0 Å². The highest BCUT2D eigenvalue weighted by Gasteiger charge is 2.41. The Kier molecular flexibility index (Phi) is 4.55. The maximum absolute atomic E-state index is 11.4. The Hall–Kier alpha value is -1.72. The quantitative estimate of drug-likeness (QED) is 0.616. The Morgan fingerprint density at radius 2 is 1.77 bits per heavy atom. The Bertz CT molecular complexity index is 645. The minimum absolute atomic E-state index is 0.0492. The lowest BCUT2D eigenvalue weighted by atomic mass is 9.95. The van der Waals surface area contributed by atoms with Crippen LogP contribution >= 0.6 is 15.9 Å². The van der Waals surface area contributed by atoms with Crippen LogP contribution in [0.4, 0.5) is 0 Å². The SMILES string of the molecule is O=[N+]([O-])[C@@H]1CN(Cc2ccccc2)C[C@@H]1c1ccc(Br)cc1. The molecule has 5 heteroatoms. The fourth-order valence-corrected chi connectivity index (χ4v) is 3.35. The van der Waals surface area contributed by atoms with Crippen molar-refractivity contribution in [3.63, 3.8) is 0 Å². The summed E-state index contributed by atoms with van der Waals surface area (Å²) in [6, 6.07) is 17.4. The van der Waals surface area contributed by atoms with E-state index < -0.39 is 6.04 Å². The summed E-state index contributed by atoms with van der Waals surface area (Å²) in [7, 11) is 0. The van der Waals surface area contributed by atoms with Crippen LogP contribution in [-0.2, 0) is 6.54 Å². The van der Waals surface area contributed by atoms with Crippen molar-refractivity contribution in [2.75, 3.05) is 13.1 Å². The molecule has 0 saturated carbocycles. The standard InChI is InChI=1S/C17H17BrN2O2/c18-15-8-6-14(7-9-15)16-11-19(12-17(16)20(21)22)10-13-4-2-1-3-5-13/h1-9,16-17H,10-12H2/t16-,17-/m1/s1. The summed E-state index contributed by atoms with van der Waals surface area (Å²) in [6.07, 6.45) is 0. The molecule has 1 heterocycles. The lowest BCUT2D eigenvalue weighted by Crippen LogP contribution is -2.28. The molecule has 1 aliphatic heterocycles. The molecule has 2 atom stereocenters. The van der Waals surface area contributed by atoms with Gasteiger partial charge in [-0.25, -0.2) is 0 Å². The Labute approximate surface area is 138 Å². The van der Waals surface area contributed by atoms with Crippen molar-refractivity contribution < 1.29 is 4.92 Å². The van der Waals surface area contributed by atoms with Crippen molar-refractivity contribution >= 4 is 15.9 Å².